The van der Waals surface area contributed by atoms with Gasteiger partial charge in [-0.15, -0.1) is 24.8 Å². The number of anilines is 1. The van der Waals surface area contributed by atoms with E-state index in [-0.39, 0.29) is 36.9 Å². The third kappa shape index (κ3) is 4.38. The number of aromatic nitrogens is 2. The Hall–Kier alpha value is -1.31. The maximum atomic E-state index is 12.0. The van der Waals surface area contributed by atoms with Gasteiger partial charge in [-0.2, -0.15) is 0 Å². The Balaban J connectivity index is 0.00000162. The number of nitrogens with zero attached hydrogens (tertiary/aromatic N) is 3. The fourth-order valence-corrected chi connectivity index (χ4v) is 1.80. The van der Waals surface area contributed by atoms with Gasteiger partial charge >= 0.3 is 5.97 Å². The van der Waals surface area contributed by atoms with Crippen LogP contribution in [0.5, 0.6) is 0 Å². The fraction of sp³-hybridized carbons (Fsp3) is 0.500. The average molecular weight is 311 g/mol. The number of carbonyl (C=O) groups is 1. The molecule has 1 saturated heterocycles. The molecule has 0 saturated carbocycles. The summed E-state index contributed by atoms with van der Waals surface area (Å²) in [5.41, 5.74) is -0.350. The number of hydrogen-bond donors (Lipinski definition) is 2. The molecule has 0 amide bonds. The minimum absolute atomic E-state index is 0. The van der Waals surface area contributed by atoms with E-state index in [2.05, 4.69) is 10.3 Å². The molecule has 2 rings (SSSR count). The van der Waals surface area contributed by atoms with E-state index >= 15 is 0 Å². The van der Waals surface area contributed by atoms with Crippen molar-refractivity contribution in [3.63, 3.8) is 0 Å². The summed E-state index contributed by atoms with van der Waals surface area (Å²) in [6.07, 6.45) is 2.85. The summed E-state index contributed by atoms with van der Waals surface area (Å²) < 4.78 is 1.16. The highest BCUT2D eigenvalue weighted by atomic mass is 35.5. The minimum Gasteiger partial charge on any atom is -0.480 e. The van der Waals surface area contributed by atoms with E-state index in [9.17, 15) is 9.59 Å². The van der Waals surface area contributed by atoms with Crippen molar-refractivity contribution >= 4 is 36.6 Å². The zero-order chi connectivity index (χ0) is 12.3. The Morgan fingerprint density at radius 1 is 1.37 bits per heavy atom. The average Bonchev–Trinajstić information content (AvgIpc) is 2.32. The number of carboxylic acid groups (broad SMARTS) is 1. The van der Waals surface area contributed by atoms with Gasteiger partial charge in [0.2, 0.25) is 0 Å². The number of aliphatic carboxylic acids is 1. The highest BCUT2D eigenvalue weighted by Crippen LogP contribution is 2.04. The largest absolute Gasteiger partial charge is 0.480 e. The lowest BCUT2D eigenvalue weighted by atomic mass is 10.3. The summed E-state index contributed by atoms with van der Waals surface area (Å²) in [5.74, 6) is -0.709. The predicted molar refractivity (Wildman–Crippen MR) is 75.7 cm³/mol. The van der Waals surface area contributed by atoms with Crippen LogP contribution in [0.4, 0.5) is 5.82 Å². The van der Waals surface area contributed by atoms with E-state index in [0.717, 1.165) is 17.7 Å². The quantitative estimate of drug-likeness (QED) is 0.788. The lowest BCUT2D eigenvalue weighted by Crippen LogP contribution is -2.46. The molecule has 0 unspecified atom stereocenters. The van der Waals surface area contributed by atoms with Crippen LogP contribution in [0.2, 0.25) is 0 Å². The van der Waals surface area contributed by atoms with E-state index < -0.39 is 5.97 Å². The van der Waals surface area contributed by atoms with Gasteiger partial charge in [0.15, 0.2) is 5.82 Å². The number of carboxylic acids is 1. The van der Waals surface area contributed by atoms with E-state index in [1.54, 1.807) is 0 Å². The van der Waals surface area contributed by atoms with Crippen LogP contribution in [0.25, 0.3) is 0 Å². The van der Waals surface area contributed by atoms with Crippen LogP contribution in [0.3, 0.4) is 0 Å². The molecule has 0 aliphatic carbocycles. The molecule has 9 heteroatoms. The molecule has 19 heavy (non-hydrogen) atoms. The molecule has 1 aromatic heterocycles. The maximum absolute atomic E-state index is 12.0. The van der Waals surface area contributed by atoms with Gasteiger partial charge in [0.25, 0.3) is 5.56 Å². The first-order valence-electron chi connectivity index (χ1n) is 5.41. The van der Waals surface area contributed by atoms with Crippen molar-refractivity contribution in [2.75, 3.05) is 31.1 Å². The Labute approximate surface area is 122 Å². The fourth-order valence-electron chi connectivity index (χ4n) is 1.80. The van der Waals surface area contributed by atoms with Crippen LogP contribution in [-0.2, 0) is 11.3 Å². The monoisotopic (exact) mass is 310 g/mol. The van der Waals surface area contributed by atoms with E-state index in [0.29, 0.717) is 18.9 Å². The molecule has 1 aliphatic heterocycles. The van der Waals surface area contributed by atoms with E-state index in [1.807, 2.05) is 4.90 Å². The van der Waals surface area contributed by atoms with Crippen LogP contribution < -0.4 is 15.8 Å². The zero-order valence-electron chi connectivity index (χ0n) is 10.1. The molecule has 0 spiro atoms. The van der Waals surface area contributed by atoms with Crippen molar-refractivity contribution < 1.29 is 9.90 Å². The number of rotatable bonds is 3. The number of hydrogen-bond acceptors (Lipinski definition) is 5. The molecule has 0 radical (unpaired) electrons. The Morgan fingerprint density at radius 2 is 2.00 bits per heavy atom. The first kappa shape index (κ1) is 17.7. The Morgan fingerprint density at radius 3 is 2.58 bits per heavy atom. The van der Waals surface area contributed by atoms with Crippen LogP contribution in [0.1, 0.15) is 0 Å². The summed E-state index contributed by atoms with van der Waals surface area (Å²) in [7, 11) is 0. The second kappa shape index (κ2) is 7.98. The van der Waals surface area contributed by atoms with Crippen LogP contribution in [0.15, 0.2) is 17.2 Å². The minimum atomic E-state index is -1.04. The summed E-state index contributed by atoms with van der Waals surface area (Å²) in [6, 6.07) is 0. The molecular weight excluding hydrogens is 295 g/mol. The van der Waals surface area contributed by atoms with Crippen molar-refractivity contribution in [1.82, 2.24) is 14.9 Å². The van der Waals surface area contributed by atoms with Crippen LogP contribution in [0, 0.1) is 0 Å². The molecule has 1 aliphatic rings. The molecular formula is C10H16Cl2N4O3. The van der Waals surface area contributed by atoms with Gasteiger partial charge in [-0.1, -0.05) is 0 Å². The third-order valence-electron chi connectivity index (χ3n) is 2.62. The summed E-state index contributed by atoms with van der Waals surface area (Å²) in [4.78, 5) is 28.5. The summed E-state index contributed by atoms with van der Waals surface area (Å²) in [5, 5.41) is 11.9. The zero-order valence-corrected chi connectivity index (χ0v) is 11.7. The molecule has 2 N–H and O–H groups in total. The first-order chi connectivity index (χ1) is 8.18. The number of nitrogens with one attached hydrogen (secondary N) is 1. The Kier molecular flexibility index (Phi) is 7.43. The molecule has 0 bridgehead atoms. The van der Waals surface area contributed by atoms with E-state index in [4.69, 9.17) is 5.11 Å². The van der Waals surface area contributed by atoms with Crippen LogP contribution in [-0.4, -0.2) is 46.8 Å². The molecule has 0 atom stereocenters. The number of piperazine rings is 1. The predicted octanol–water partition coefficient (Wildman–Crippen LogP) is -0.419. The van der Waals surface area contributed by atoms with Crippen LogP contribution >= 0.6 is 24.8 Å². The molecule has 1 fully saturated rings. The number of halogens is 2. The molecule has 1 aromatic rings. The maximum Gasteiger partial charge on any atom is 0.323 e. The third-order valence-corrected chi connectivity index (χ3v) is 2.62. The topological polar surface area (TPSA) is 87.5 Å². The SMILES string of the molecule is Cl.Cl.O=C(O)Cn1ccnc(N2CCNCC2)c1=O. The van der Waals surface area contributed by atoms with Gasteiger partial charge in [-0.25, -0.2) is 4.98 Å². The van der Waals surface area contributed by atoms with Gasteiger partial charge in [0.1, 0.15) is 6.54 Å². The lowest BCUT2D eigenvalue weighted by molar-refractivity contribution is -0.137. The van der Waals surface area contributed by atoms with Gasteiger partial charge in [0.05, 0.1) is 0 Å². The molecule has 7 nitrogen and oxygen atoms in total. The van der Waals surface area contributed by atoms with Crippen molar-refractivity contribution in [1.29, 1.82) is 0 Å². The summed E-state index contributed by atoms with van der Waals surface area (Å²) in [6.45, 7) is 2.68. The molecule has 108 valence electrons. The van der Waals surface area contributed by atoms with Gasteiger partial charge in [-0.05, 0) is 0 Å². The Bertz CT molecular complexity index is 474. The van der Waals surface area contributed by atoms with E-state index in [1.165, 1.54) is 12.4 Å². The summed E-state index contributed by atoms with van der Waals surface area (Å²) >= 11 is 0. The standard InChI is InChI=1S/C10H14N4O3.2ClH/c15-8(16)7-14-6-3-12-9(10(14)17)13-4-1-11-2-5-13;;/h3,6,11H,1-2,4-5,7H2,(H,15,16);2*1H. The van der Waals surface area contributed by atoms with Crippen molar-refractivity contribution in [2.45, 2.75) is 6.54 Å². The van der Waals surface area contributed by atoms with Gasteiger partial charge in [0, 0.05) is 38.6 Å². The highest BCUT2D eigenvalue weighted by Gasteiger charge is 2.16. The second-order valence-corrected chi connectivity index (χ2v) is 3.81. The second-order valence-electron chi connectivity index (χ2n) is 3.81. The van der Waals surface area contributed by atoms with Crippen molar-refractivity contribution in [2.24, 2.45) is 0 Å². The lowest BCUT2D eigenvalue weighted by Gasteiger charge is -2.27. The molecule has 2 heterocycles. The first-order valence-corrected chi connectivity index (χ1v) is 5.41. The highest BCUT2D eigenvalue weighted by molar-refractivity contribution is 5.85. The van der Waals surface area contributed by atoms with Gasteiger partial charge < -0.3 is 15.3 Å². The normalized spacial score (nSPS) is 14.2. The van der Waals surface area contributed by atoms with Crippen molar-refractivity contribution in [3.05, 3.63) is 22.7 Å². The molecule has 0 aromatic carbocycles. The van der Waals surface area contributed by atoms with Crippen molar-refractivity contribution in [3.8, 4) is 0 Å². The van der Waals surface area contributed by atoms with Gasteiger partial charge in [-0.3, -0.25) is 14.2 Å². The smallest absolute Gasteiger partial charge is 0.323 e.